The van der Waals surface area contributed by atoms with E-state index in [1.165, 1.54) is 64.7 Å². The van der Waals surface area contributed by atoms with E-state index in [1.54, 1.807) is 0 Å². The molecular weight excluding hydrogens is 440 g/mol. The summed E-state index contributed by atoms with van der Waals surface area (Å²) in [5.74, 6) is 0. The highest BCUT2D eigenvalue weighted by Crippen LogP contribution is 2.72. The van der Waals surface area contributed by atoms with Crippen molar-refractivity contribution >= 4 is 31.6 Å². The van der Waals surface area contributed by atoms with E-state index in [4.69, 9.17) is 0 Å². The van der Waals surface area contributed by atoms with Gasteiger partial charge in [0, 0.05) is 20.7 Å². The van der Waals surface area contributed by atoms with Gasteiger partial charge >= 0.3 is 0 Å². The van der Waals surface area contributed by atoms with Gasteiger partial charge in [0.1, 0.15) is 0 Å². The third-order valence-corrected chi connectivity index (χ3v) is 10.3. The van der Waals surface area contributed by atoms with Crippen LogP contribution in [0.4, 0.5) is 0 Å². The first-order chi connectivity index (χ1) is 17.1. The predicted octanol–water partition coefficient (Wildman–Crippen LogP) is 9.79. The number of hydrogen-bond donors (Lipinski definition) is 0. The molecule has 1 heterocycles. The fourth-order valence-corrected chi connectivity index (χ4v) is 9.11. The molecule has 0 aromatic heterocycles. The zero-order valence-electron chi connectivity index (χ0n) is 20.0. The summed E-state index contributed by atoms with van der Waals surface area (Å²) in [6, 6.07) is 44.6. The van der Waals surface area contributed by atoms with Gasteiger partial charge in [0.25, 0.3) is 0 Å². The zero-order chi connectivity index (χ0) is 23.6. The first kappa shape index (κ1) is 20.6. The quantitative estimate of drug-likeness (QED) is 0.238. The molecule has 0 bridgehead atoms. The van der Waals surface area contributed by atoms with Crippen LogP contribution in [0, 0.1) is 0 Å². The van der Waals surface area contributed by atoms with Gasteiger partial charge in [0.15, 0.2) is 0 Å². The lowest BCUT2D eigenvalue weighted by Gasteiger charge is -2.32. The van der Waals surface area contributed by atoms with Crippen LogP contribution in [-0.4, -0.2) is 12.5 Å². The van der Waals surface area contributed by atoms with E-state index in [1.807, 2.05) is 0 Å². The maximum Gasteiger partial charge on any atom is 0.0101 e. The monoisotopic (exact) mass is 466 g/mol. The van der Waals surface area contributed by atoms with E-state index in [2.05, 4.69) is 134 Å². The van der Waals surface area contributed by atoms with Crippen molar-refractivity contribution in [1.29, 1.82) is 0 Å². The van der Waals surface area contributed by atoms with Crippen LogP contribution in [0.2, 0.25) is 0 Å². The lowest BCUT2D eigenvalue weighted by Crippen LogP contribution is -1.98. The van der Waals surface area contributed by atoms with Gasteiger partial charge in [-0.2, -0.15) is 10.0 Å². The number of hydrogen-bond acceptors (Lipinski definition) is 0. The summed E-state index contributed by atoms with van der Waals surface area (Å²) in [4.78, 5) is 3.05. The Kier molecular flexibility index (Phi) is 4.46. The summed E-state index contributed by atoms with van der Waals surface area (Å²) in [5, 5.41) is 5.40. The van der Waals surface area contributed by atoms with Gasteiger partial charge in [-0.15, -0.1) is 0 Å². The van der Waals surface area contributed by atoms with Crippen LogP contribution in [-0.2, 0) is 0 Å². The molecule has 6 aromatic carbocycles. The summed E-state index contributed by atoms with van der Waals surface area (Å²) >= 11 is 0. The molecule has 6 aromatic rings. The van der Waals surface area contributed by atoms with Gasteiger partial charge in [-0.25, -0.2) is 0 Å². The summed E-state index contributed by atoms with van der Waals surface area (Å²) in [7, 11) is -1.29. The lowest BCUT2D eigenvalue weighted by molar-refractivity contribution is 1.48. The topological polar surface area (TPSA) is 0 Å². The highest BCUT2D eigenvalue weighted by molar-refractivity contribution is 8.33. The minimum absolute atomic E-state index is 1.28. The van der Waals surface area contributed by atoms with Gasteiger partial charge in [0.05, 0.1) is 0 Å². The summed E-state index contributed by atoms with van der Waals surface area (Å²) in [6.07, 6.45) is 5.00. The van der Waals surface area contributed by atoms with Crippen molar-refractivity contribution in [2.24, 2.45) is 0 Å². The molecule has 0 N–H and O–H groups in total. The summed E-state index contributed by atoms with van der Waals surface area (Å²) in [5.41, 5.74) is 8.13. The molecule has 0 nitrogen and oxygen atoms in total. The van der Waals surface area contributed by atoms with Crippen LogP contribution in [0.1, 0.15) is 0 Å². The Morgan fingerprint density at radius 3 is 1.83 bits per heavy atom. The van der Waals surface area contributed by atoms with E-state index in [9.17, 15) is 0 Å². The molecule has 35 heavy (non-hydrogen) atoms. The maximum absolute atomic E-state index is 2.50. The van der Waals surface area contributed by atoms with Gasteiger partial charge in [-0.05, 0) is 62.6 Å². The van der Waals surface area contributed by atoms with Crippen LogP contribution >= 0.6 is 10.0 Å². The van der Waals surface area contributed by atoms with Gasteiger partial charge in [-0.1, -0.05) is 115 Å². The molecule has 1 aliphatic rings. The standard InChI is InChI=1S/C34H26S/c1-35(2)33-29(21-20-25-17-11-19-27(31(25)33)23-12-5-3-6-13-23)32-28-18-10-9-16-26(28)22-30(34(32)35)24-14-7-4-8-15-24/h3-22H,1-2H3. The molecule has 0 saturated carbocycles. The van der Waals surface area contributed by atoms with Crippen molar-refractivity contribution in [3.05, 3.63) is 121 Å². The van der Waals surface area contributed by atoms with E-state index < -0.39 is 10.0 Å². The fourth-order valence-electron chi connectivity index (χ4n) is 5.99. The Hall–Kier alpha value is -3.81. The minimum Gasteiger partial charge on any atom is -0.191 e. The molecule has 0 atom stereocenters. The van der Waals surface area contributed by atoms with Crippen molar-refractivity contribution in [3.8, 4) is 33.4 Å². The molecule has 0 amide bonds. The zero-order valence-corrected chi connectivity index (χ0v) is 20.8. The molecule has 0 spiro atoms. The largest absolute Gasteiger partial charge is 0.191 e. The fraction of sp³-hybridized carbons (Fsp3) is 0.0588. The molecule has 0 unspecified atom stereocenters. The molecule has 168 valence electrons. The Morgan fingerprint density at radius 2 is 1.09 bits per heavy atom. The third-order valence-electron chi connectivity index (χ3n) is 7.46. The average Bonchev–Trinajstić information content (AvgIpc) is 3.16. The van der Waals surface area contributed by atoms with Crippen LogP contribution in [0.25, 0.3) is 54.9 Å². The molecular formula is C34H26S. The number of fused-ring (bicyclic) bond motifs is 7. The summed E-state index contributed by atoms with van der Waals surface area (Å²) in [6.45, 7) is 0. The van der Waals surface area contributed by atoms with Crippen LogP contribution < -0.4 is 0 Å². The maximum atomic E-state index is 2.50. The Bertz CT molecular complexity index is 1750. The first-order valence-corrected chi connectivity index (χ1v) is 14.6. The third kappa shape index (κ3) is 2.95. The molecule has 0 radical (unpaired) electrons. The second-order valence-electron chi connectivity index (χ2n) is 9.75. The van der Waals surface area contributed by atoms with Gasteiger partial charge in [0.2, 0.25) is 0 Å². The van der Waals surface area contributed by atoms with Crippen LogP contribution in [0.3, 0.4) is 0 Å². The molecule has 0 saturated heterocycles. The SMILES string of the molecule is CS1(C)c2c(-c3ccccc3)cc3ccccc3c2-c2ccc3cccc(-c4ccccc4)c3c21. The van der Waals surface area contributed by atoms with Gasteiger partial charge < -0.3 is 0 Å². The normalized spacial score (nSPS) is 14.6. The van der Waals surface area contributed by atoms with Crippen molar-refractivity contribution in [3.63, 3.8) is 0 Å². The van der Waals surface area contributed by atoms with E-state index in [0.29, 0.717) is 0 Å². The molecule has 7 rings (SSSR count). The Labute approximate surface area is 208 Å². The highest BCUT2D eigenvalue weighted by Gasteiger charge is 2.37. The van der Waals surface area contributed by atoms with E-state index in [-0.39, 0.29) is 0 Å². The van der Waals surface area contributed by atoms with Crippen molar-refractivity contribution < 1.29 is 0 Å². The average molecular weight is 467 g/mol. The number of benzene rings is 6. The predicted molar refractivity (Wildman–Crippen MR) is 154 cm³/mol. The smallest absolute Gasteiger partial charge is 0.0101 e. The summed E-state index contributed by atoms with van der Waals surface area (Å²) < 4.78 is 0. The minimum atomic E-state index is -1.29. The Morgan fingerprint density at radius 1 is 0.457 bits per heavy atom. The highest BCUT2D eigenvalue weighted by atomic mass is 32.3. The first-order valence-electron chi connectivity index (χ1n) is 12.1. The van der Waals surface area contributed by atoms with E-state index >= 15 is 0 Å². The number of rotatable bonds is 2. The van der Waals surface area contributed by atoms with Crippen LogP contribution in [0.5, 0.6) is 0 Å². The molecule has 1 heteroatoms. The second-order valence-corrected chi connectivity index (χ2v) is 13.2. The van der Waals surface area contributed by atoms with Crippen molar-refractivity contribution in [1.82, 2.24) is 0 Å². The van der Waals surface area contributed by atoms with Crippen molar-refractivity contribution in [2.75, 3.05) is 12.5 Å². The van der Waals surface area contributed by atoms with E-state index in [0.717, 1.165) is 0 Å². The lowest BCUT2D eigenvalue weighted by atomic mass is 9.90. The van der Waals surface area contributed by atoms with Crippen molar-refractivity contribution in [2.45, 2.75) is 9.79 Å². The molecule has 1 aliphatic heterocycles. The Balaban J connectivity index is 1.66. The molecule has 0 aliphatic carbocycles. The second kappa shape index (κ2) is 7.60. The van der Waals surface area contributed by atoms with Gasteiger partial charge in [-0.3, -0.25) is 0 Å². The molecule has 0 fully saturated rings. The van der Waals surface area contributed by atoms with Crippen LogP contribution in [0.15, 0.2) is 131 Å².